The van der Waals surface area contributed by atoms with Crippen LogP contribution in [0.25, 0.3) is 0 Å². The van der Waals surface area contributed by atoms with Crippen LogP contribution in [-0.4, -0.2) is 64.1 Å². The Bertz CT molecular complexity index is 224. The van der Waals surface area contributed by atoms with E-state index in [1.54, 1.807) is 4.90 Å². The van der Waals surface area contributed by atoms with Crippen molar-refractivity contribution in [1.82, 2.24) is 4.90 Å². The van der Waals surface area contributed by atoms with Crippen molar-refractivity contribution in [2.75, 3.05) is 45.6 Å². The molecule has 86 valence electrons. The first-order chi connectivity index (χ1) is 6.55. The highest BCUT2D eigenvalue weighted by atomic mass is 32.2. The van der Waals surface area contributed by atoms with E-state index < -0.39 is 10.1 Å². The molecule has 14 heavy (non-hydrogen) atoms. The maximum absolute atomic E-state index is 11.0. The number of aliphatic hydroxyl groups is 1. The Morgan fingerprint density at radius 1 is 1.36 bits per heavy atom. The Morgan fingerprint density at radius 3 is 2.43 bits per heavy atom. The van der Waals surface area contributed by atoms with Crippen LogP contribution in [0.4, 0.5) is 0 Å². The fraction of sp³-hybridized carbons (Fsp3) is 1.00. The van der Waals surface area contributed by atoms with Crippen molar-refractivity contribution in [3.05, 3.63) is 0 Å². The van der Waals surface area contributed by atoms with Gasteiger partial charge in [-0.05, 0) is 0 Å². The fourth-order valence-corrected chi connectivity index (χ4v) is 1.63. The maximum Gasteiger partial charge on any atom is 0.268 e. The van der Waals surface area contributed by atoms with Crippen molar-refractivity contribution in [2.24, 2.45) is 5.73 Å². The highest BCUT2D eigenvalue weighted by molar-refractivity contribution is 7.86. The lowest BCUT2D eigenvalue weighted by Crippen LogP contribution is -2.35. The molecule has 0 aliphatic rings. The fourth-order valence-electron chi connectivity index (χ4n) is 0.984. The summed E-state index contributed by atoms with van der Waals surface area (Å²) in [6, 6.07) is 0. The van der Waals surface area contributed by atoms with E-state index in [1.807, 2.05) is 0 Å². The number of nitrogens with two attached hydrogens (primary N) is 1. The van der Waals surface area contributed by atoms with Gasteiger partial charge in [-0.15, -0.1) is 0 Å². The van der Waals surface area contributed by atoms with E-state index in [0.717, 1.165) is 7.11 Å². The number of rotatable bonds is 8. The quantitative estimate of drug-likeness (QED) is 0.475. The summed E-state index contributed by atoms with van der Waals surface area (Å²) in [4.78, 5) is 1.77. The molecule has 0 spiro atoms. The van der Waals surface area contributed by atoms with Crippen molar-refractivity contribution in [2.45, 2.75) is 0 Å². The van der Waals surface area contributed by atoms with E-state index in [4.69, 9.17) is 10.8 Å². The number of hydrogen-bond donors (Lipinski definition) is 2. The molecular weight excluding hydrogens is 208 g/mol. The lowest BCUT2D eigenvalue weighted by atomic mass is 10.4. The second-order valence-corrected chi connectivity index (χ2v) is 4.64. The molecule has 0 aromatic rings. The topological polar surface area (TPSA) is 92.9 Å². The first-order valence-corrected chi connectivity index (χ1v) is 5.95. The predicted molar refractivity (Wildman–Crippen MR) is 53.4 cm³/mol. The molecule has 0 unspecified atom stereocenters. The zero-order valence-electron chi connectivity index (χ0n) is 8.35. The highest BCUT2D eigenvalue weighted by Crippen LogP contribution is 1.93. The monoisotopic (exact) mass is 226 g/mol. The van der Waals surface area contributed by atoms with Crippen LogP contribution in [0.5, 0.6) is 0 Å². The SMILES string of the molecule is COS(=O)(=O)CCN(CCN)CCO. The summed E-state index contributed by atoms with van der Waals surface area (Å²) < 4.78 is 26.2. The van der Waals surface area contributed by atoms with E-state index in [2.05, 4.69) is 4.18 Å². The number of aliphatic hydroxyl groups excluding tert-OH is 1. The Balaban J connectivity index is 3.92. The van der Waals surface area contributed by atoms with Gasteiger partial charge in [0, 0.05) is 26.2 Å². The minimum Gasteiger partial charge on any atom is -0.395 e. The van der Waals surface area contributed by atoms with Crippen molar-refractivity contribution in [3.8, 4) is 0 Å². The van der Waals surface area contributed by atoms with Gasteiger partial charge in [0.2, 0.25) is 0 Å². The van der Waals surface area contributed by atoms with Crippen LogP contribution in [0.1, 0.15) is 0 Å². The lowest BCUT2D eigenvalue weighted by Gasteiger charge is -2.19. The summed E-state index contributed by atoms with van der Waals surface area (Å²) in [5, 5.41) is 8.69. The number of hydrogen-bond acceptors (Lipinski definition) is 6. The lowest BCUT2D eigenvalue weighted by molar-refractivity contribution is 0.205. The van der Waals surface area contributed by atoms with Crippen molar-refractivity contribution in [1.29, 1.82) is 0 Å². The molecule has 0 atom stereocenters. The van der Waals surface area contributed by atoms with Crippen molar-refractivity contribution in [3.63, 3.8) is 0 Å². The van der Waals surface area contributed by atoms with Crippen LogP contribution < -0.4 is 5.73 Å². The van der Waals surface area contributed by atoms with Crippen LogP contribution in [0.2, 0.25) is 0 Å². The van der Waals surface area contributed by atoms with Gasteiger partial charge in [-0.1, -0.05) is 0 Å². The van der Waals surface area contributed by atoms with Gasteiger partial charge < -0.3 is 10.8 Å². The second-order valence-electron chi connectivity index (χ2n) is 2.78. The molecule has 0 aliphatic heterocycles. The summed E-state index contributed by atoms with van der Waals surface area (Å²) in [5.41, 5.74) is 5.33. The molecule has 7 heteroatoms. The minimum absolute atomic E-state index is 0.00691. The van der Waals surface area contributed by atoms with Crippen molar-refractivity contribution < 1.29 is 17.7 Å². The number of nitrogens with zero attached hydrogens (tertiary/aromatic N) is 1. The van der Waals surface area contributed by atoms with Crippen LogP contribution in [0, 0.1) is 0 Å². The third kappa shape index (κ3) is 6.28. The van der Waals surface area contributed by atoms with Gasteiger partial charge in [0.25, 0.3) is 10.1 Å². The molecule has 0 bridgehead atoms. The van der Waals surface area contributed by atoms with Gasteiger partial charge in [-0.3, -0.25) is 9.08 Å². The molecule has 3 N–H and O–H groups in total. The molecule has 0 aromatic carbocycles. The molecule has 0 amide bonds. The first-order valence-electron chi connectivity index (χ1n) is 4.37. The summed E-state index contributed by atoms with van der Waals surface area (Å²) in [6.07, 6.45) is 0. The first kappa shape index (κ1) is 13.8. The van der Waals surface area contributed by atoms with E-state index in [1.165, 1.54) is 0 Å². The van der Waals surface area contributed by atoms with Crippen molar-refractivity contribution >= 4 is 10.1 Å². The Kier molecular flexibility index (Phi) is 7.02. The van der Waals surface area contributed by atoms with Crippen LogP contribution in [0.3, 0.4) is 0 Å². The molecule has 0 saturated heterocycles. The smallest absolute Gasteiger partial charge is 0.268 e. The maximum atomic E-state index is 11.0. The standard InChI is InChI=1S/C7H18N2O4S/c1-13-14(11,12)7-5-9(3-2-8)4-6-10/h10H,2-8H2,1H3. The minimum atomic E-state index is -3.42. The average Bonchev–Trinajstić information content (AvgIpc) is 2.15. The Labute approximate surface area is 84.8 Å². The van der Waals surface area contributed by atoms with Gasteiger partial charge in [0.1, 0.15) is 0 Å². The molecule has 0 rings (SSSR count). The second kappa shape index (κ2) is 7.13. The summed E-state index contributed by atoms with van der Waals surface area (Å²) in [5.74, 6) is -0.0799. The Hall–Kier alpha value is -0.210. The van der Waals surface area contributed by atoms with Gasteiger partial charge in [-0.2, -0.15) is 8.42 Å². The summed E-state index contributed by atoms with van der Waals surface area (Å²) in [6.45, 7) is 1.75. The molecule has 6 nitrogen and oxygen atoms in total. The Morgan fingerprint density at radius 2 is 2.00 bits per heavy atom. The van der Waals surface area contributed by atoms with Crippen LogP contribution >= 0.6 is 0 Å². The largest absolute Gasteiger partial charge is 0.395 e. The van der Waals surface area contributed by atoms with E-state index in [9.17, 15) is 8.42 Å². The van der Waals surface area contributed by atoms with Crippen LogP contribution in [-0.2, 0) is 14.3 Å². The van der Waals surface area contributed by atoms with E-state index in [0.29, 0.717) is 26.2 Å². The van der Waals surface area contributed by atoms with Gasteiger partial charge >= 0.3 is 0 Å². The molecule has 0 aromatic heterocycles. The zero-order valence-corrected chi connectivity index (χ0v) is 9.16. The molecule has 0 radical (unpaired) electrons. The summed E-state index contributed by atoms with van der Waals surface area (Å²) >= 11 is 0. The third-order valence-electron chi connectivity index (χ3n) is 1.77. The summed E-state index contributed by atoms with van der Waals surface area (Å²) in [7, 11) is -2.28. The third-order valence-corrected chi connectivity index (χ3v) is 2.96. The molecular formula is C7H18N2O4S. The normalized spacial score (nSPS) is 12.3. The average molecular weight is 226 g/mol. The van der Waals surface area contributed by atoms with Gasteiger partial charge in [0.05, 0.1) is 19.5 Å². The van der Waals surface area contributed by atoms with Gasteiger partial charge in [-0.25, -0.2) is 0 Å². The molecule has 0 heterocycles. The zero-order chi connectivity index (χ0) is 11.0. The van der Waals surface area contributed by atoms with Crippen LogP contribution in [0.15, 0.2) is 0 Å². The molecule has 0 fully saturated rings. The molecule has 0 aliphatic carbocycles. The van der Waals surface area contributed by atoms with E-state index in [-0.39, 0.29) is 12.4 Å². The highest BCUT2D eigenvalue weighted by Gasteiger charge is 2.11. The predicted octanol–water partition coefficient (Wildman–Crippen LogP) is -1.78. The molecule has 0 saturated carbocycles. The van der Waals surface area contributed by atoms with Gasteiger partial charge in [0.15, 0.2) is 0 Å². The van der Waals surface area contributed by atoms with E-state index >= 15 is 0 Å².